The van der Waals surface area contributed by atoms with Crippen molar-refractivity contribution in [1.29, 1.82) is 0 Å². The first-order chi connectivity index (χ1) is 17.1. The smallest absolute Gasteiger partial charge is 0.276 e. The average molecular weight is 475 g/mol. The van der Waals surface area contributed by atoms with Crippen LogP contribution in [0.4, 0.5) is 14.5 Å². The molecule has 1 aliphatic carbocycles. The zero-order chi connectivity index (χ0) is 23.9. The van der Waals surface area contributed by atoms with Crippen LogP contribution in [0, 0.1) is 11.6 Å². The molecule has 7 nitrogen and oxygen atoms in total. The number of amides is 1. The van der Waals surface area contributed by atoms with Crippen LogP contribution in [0.5, 0.6) is 0 Å². The summed E-state index contributed by atoms with van der Waals surface area (Å²) in [6.07, 6.45) is 6.53. The summed E-state index contributed by atoms with van der Waals surface area (Å²) in [6, 6.07) is 10.6. The number of halogens is 2. The van der Waals surface area contributed by atoms with Gasteiger partial charge in [-0.1, -0.05) is 6.42 Å². The lowest BCUT2D eigenvalue weighted by Crippen LogP contribution is -2.16. The zero-order valence-electron chi connectivity index (χ0n) is 19.1. The van der Waals surface area contributed by atoms with Crippen LogP contribution in [0.3, 0.4) is 0 Å². The maximum Gasteiger partial charge on any atom is 0.276 e. The van der Waals surface area contributed by atoms with Gasteiger partial charge in [-0.25, -0.2) is 13.5 Å². The Morgan fingerprint density at radius 3 is 2.63 bits per heavy atom. The van der Waals surface area contributed by atoms with E-state index < -0.39 is 11.7 Å². The number of nitrogens with zero attached hydrogens (tertiary/aromatic N) is 5. The maximum atomic E-state index is 14.8. The van der Waals surface area contributed by atoms with Gasteiger partial charge in [0, 0.05) is 29.8 Å². The first-order valence-electron chi connectivity index (χ1n) is 12.0. The molecule has 6 rings (SSSR count). The predicted octanol–water partition coefficient (Wildman–Crippen LogP) is 4.88. The Bertz CT molecular complexity index is 1420. The van der Waals surface area contributed by atoms with Gasteiger partial charge in [-0.15, -0.1) is 10.2 Å². The lowest BCUT2D eigenvalue weighted by molar-refractivity contribution is 0.102. The number of hydrogen-bond acceptors (Lipinski definition) is 4. The quantitative estimate of drug-likeness (QED) is 0.458. The van der Waals surface area contributed by atoms with E-state index in [0.717, 1.165) is 62.2 Å². The second-order valence-electron chi connectivity index (χ2n) is 9.07. The molecule has 0 fully saturated rings. The van der Waals surface area contributed by atoms with Crippen molar-refractivity contribution in [3.63, 3.8) is 0 Å². The number of rotatable bonds is 4. The van der Waals surface area contributed by atoms with E-state index in [-0.39, 0.29) is 17.2 Å². The minimum atomic E-state index is -0.535. The number of hydrogen-bond donors (Lipinski definition) is 1. The molecule has 178 valence electrons. The zero-order valence-corrected chi connectivity index (χ0v) is 19.1. The molecule has 2 aliphatic rings. The summed E-state index contributed by atoms with van der Waals surface area (Å²) in [4.78, 5) is 13.3. The Hall–Kier alpha value is -3.88. The molecule has 2 aromatic carbocycles. The summed E-state index contributed by atoms with van der Waals surface area (Å²) in [7, 11) is 0. The highest BCUT2D eigenvalue weighted by Crippen LogP contribution is 2.30. The molecule has 0 atom stereocenters. The Balaban J connectivity index is 1.32. The Morgan fingerprint density at radius 1 is 0.914 bits per heavy atom. The van der Waals surface area contributed by atoms with Crippen molar-refractivity contribution in [2.45, 2.75) is 51.5 Å². The van der Waals surface area contributed by atoms with Crippen molar-refractivity contribution < 1.29 is 13.6 Å². The molecule has 0 saturated heterocycles. The number of aryl methyl sites for hydroxylation is 1. The summed E-state index contributed by atoms with van der Waals surface area (Å²) in [5.41, 5.74) is 3.51. The number of anilines is 1. The first kappa shape index (κ1) is 21.6. The van der Waals surface area contributed by atoms with Crippen LogP contribution in [-0.2, 0) is 25.8 Å². The van der Waals surface area contributed by atoms with Crippen molar-refractivity contribution in [2.24, 2.45) is 0 Å². The minimum absolute atomic E-state index is 0.0709. The van der Waals surface area contributed by atoms with Gasteiger partial charge >= 0.3 is 0 Å². The molecule has 9 heteroatoms. The molecule has 0 spiro atoms. The highest BCUT2D eigenvalue weighted by Gasteiger charge is 2.28. The Labute approximate surface area is 200 Å². The van der Waals surface area contributed by atoms with Gasteiger partial charge in [0.2, 0.25) is 0 Å². The van der Waals surface area contributed by atoms with Gasteiger partial charge in [0.05, 0.1) is 11.4 Å². The van der Waals surface area contributed by atoms with Crippen LogP contribution in [0.15, 0.2) is 42.5 Å². The van der Waals surface area contributed by atoms with E-state index >= 15 is 0 Å². The molecule has 2 aromatic heterocycles. The van der Waals surface area contributed by atoms with Gasteiger partial charge in [0.1, 0.15) is 17.5 Å². The van der Waals surface area contributed by atoms with Crippen LogP contribution in [0.25, 0.3) is 17.1 Å². The third kappa shape index (κ3) is 3.90. The van der Waals surface area contributed by atoms with Gasteiger partial charge in [-0.05, 0) is 74.6 Å². The predicted molar refractivity (Wildman–Crippen MR) is 126 cm³/mol. The van der Waals surface area contributed by atoms with Gasteiger partial charge in [-0.3, -0.25) is 4.79 Å². The monoisotopic (exact) mass is 474 g/mol. The van der Waals surface area contributed by atoms with Crippen molar-refractivity contribution in [3.8, 4) is 17.1 Å². The fraction of sp³-hybridized carbons (Fsp3) is 0.308. The first-order valence-corrected chi connectivity index (χ1v) is 12.0. The molecule has 1 aliphatic heterocycles. The van der Waals surface area contributed by atoms with E-state index in [9.17, 15) is 13.6 Å². The highest BCUT2D eigenvalue weighted by molar-refractivity contribution is 6.04. The number of benzene rings is 2. The topological polar surface area (TPSA) is 77.6 Å². The molecule has 4 aromatic rings. The van der Waals surface area contributed by atoms with Crippen LogP contribution in [-0.4, -0.2) is 30.5 Å². The van der Waals surface area contributed by atoms with Crippen LogP contribution in [0.1, 0.15) is 53.3 Å². The van der Waals surface area contributed by atoms with E-state index in [2.05, 4.69) is 25.2 Å². The lowest BCUT2D eigenvalue weighted by atomic mass is 10.1. The molecule has 0 saturated carbocycles. The average Bonchev–Trinajstić information content (AvgIpc) is 3.53. The second-order valence-corrected chi connectivity index (χ2v) is 9.07. The van der Waals surface area contributed by atoms with E-state index in [1.54, 1.807) is 28.9 Å². The maximum absolute atomic E-state index is 14.8. The number of aromatic nitrogens is 5. The van der Waals surface area contributed by atoms with Gasteiger partial charge in [-0.2, -0.15) is 5.10 Å². The fourth-order valence-corrected chi connectivity index (χ4v) is 5.06. The van der Waals surface area contributed by atoms with Gasteiger partial charge in [0.25, 0.3) is 5.91 Å². The van der Waals surface area contributed by atoms with Crippen LogP contribution in [0.2, 0.25) is 0 Å². The third-order valence-electron chi connectivity index (χ3n) is 6.80. The van der Waals surface area contributed by atoms with E-state index in [4.69, 9.17) is 0 Å². The number of nitrogens with one attached hydrogen (secondary N) is 1. The number of carbonyl (C=O) groups excluding carboxylic acids is 1. The molecule has 0 bridgehead atoms. The Kier molecular flexibility index (Phi) is 5.39. The van der Waals surface area contributed by atoms with Gasteiger partial charge < -0.3 is 9.88 Å². The van der Waals surface area contributed by atoms with Crippen molar-refractivity contribution in [1.82, 2.24) is 24.5 Å². The summed E-state index contributed by atoms with van der Waals surface area (Å²) >= 11 is 0. The highest BCUT2D eigenvalue weighted by atomic mass is 19.1. The molecular formula is C26H24F2N6O. The van der Waals surface area contributed by atoms with E-state index in [1.807, 2.05) is 0 Å². The molecular weight excluding hydrogens is 450 g/mol. The second kappa shape index (κ2) is 8.72. The Morgan fingerprint density at radius 2 is 1.77 bits per heavy atom. The van der Waals surface area contributed by atoms with Gasteiger partial charge in [0.15, 0.2) is 11.5 Å². The molecule has 3 heterocycles. The van der Waals surface area contributed by atoms with E-state index in [1.165, 1.54) is 18.2 Å². The summed E-state index contributed by atoms with van der Waals surface area (Å²) in [5, 5.41) is 15.9. The van der Waals surface area contributed by atoms with Crippen LogP contribution < -0.4 is 5.32 Å². The van der Waals surface area contributed by atoms with E-state index in [0.29, 0.717) is 23.5 Å². The molecule has 1 amide bonds. The summed E-state index contributed by atoms with van der Waals surface area (Å²) in [5.74, 6) is 0.274. The summed E-state index contributed by atoms with van der Waals surface area (Å²) < 4.78 is 31.9. The normalized spacial score (nSPS) is 14.9. The molecule has 0 radical (unpaired) electrons. The number of carbonyl (C=O) groups is 1. The minimum Gasteiger partial charge on any atom is -0.318 e. The molecule has 0 unspecified atom stereocenters. The lowest BCUT2D eigenvalue weighted by Gasteiger charge is -2.10. The largest absolute Gasteiger partial charge is 0.318 e. The third-order valence-corrected chi connectivity index (χ3v) is 6.80. The SMILES string of the molecule is O=C(Nc1cc(-c2nnc3n2CCCCC3)ccc1F)c1nn(-c2ccc(F)cc2)c2c1CCC2. The molecule has 1 N–H and O–H groups in total. The molecule has 35 heavy (non-hydrogen) atoms. The van der Waals surface area contributed by atoms with Crippen molar-refractivity contribution in [2.75, 3.05) is 5.32 Å². The number of fused-ring (bicyclic) bond motifs is 2. The summed E-state index contributed by atoms with van der Waals surface area (Å²) in [6.45, 7) is 0.823. The standard InChI is InChI=1S/C26H24F2N6O/c27-17-9-11-18(12-10-17)34-22-6-4-5-19(22)24(32-34)26(35)29-21-15-16(8-13-20(21)28)25-31-30-23-7-2-1-3-14-33(23)25/h8-13,15H,1-7,14H2,(H,29,35). The fourth-order valence-electron chi connectivity index (χ4n) is 5.06. The van der Waals surface area contributed by atoms with Crippen molar-refractivity contribution >= 4 is 11.6 Å². The van der Waals surface area contributed by atoms with Crippen LogP contribution >= 0.6 is 0 Å². The van der Waals surface area contributed by atoms with Crippen molar-refractivity contribution in [3.05, 3.63) is 76.9 Å².